The van der Waals surface area contributed by atoms with Gasteiger partial charge in [-0.3, -0.25) is 19.6 Å². The van der Waals surface area contributed by atoms with Gasteiger partial charge in [0.1, 0.15) is 0 Å². The SMILES string of the molecule is O=C(CCn1ccc(=O)[nH]c1=O)NCc1cccnc1. The maximum absolute atomic E-state index is 11.6. The Balaban J connectivity index is 1.83. The number of aromatic nitrogens is 3. The summed E-state index contributed by atoms with van der Waals surface area (Å²) in [5, 5.41) is 2.73. The van der Waals surface area contributed by atoms with Gasteiger partial charge in [-0.05, 0) is 11.6 Å². The zero-order valence-electron chi connectivity index (χ0n) is 10.7. The molecule has 0 atom stereocenters. The number of carbonyl (C=O) groups excluding carboxylic acids is 1. The predicted octanol–water partition coefficient (Wildman–Crippen LogP) is -0.362. The molecule has 0 saturated heterocycles. The molecule has 1 amide bonds. The summed E-state index contributed by atoms with van der Waals surface area (Å²) >= 11 is 0. The second-order valence-electron chi connectivity index (χ2n) is 4.19. The lowest BCUT2D eigenvalue weighted by Gasteiger charge is -2.06. The van der Waals surface area contributed by atoms with Crippen LogP contribution in [0.2, 0.25) is 0 Å². The number of aromatic amines is 1. The molecule has 0 aliphatic heterocycles. The van der Waals surface area contributed by atoms with Crippen LogP contribution in [0.15, 0.2) is 46.4 Å². The second kappa shape index (κ2) is 6.46. The average Bonchev–Trinajstić information content (AvgIpc) is 2.45. The molecule has 0 saturated carbocycles. The van der Waals surface area contributed by atoms with Gasteiger partial charge in [-0.2, -0.15) is 0 Å². The minimum Gasteiger partial charge on any atom is -0.352 e. The van der Waals surface area contributed by atoms with Gasteiger partial charge in [0.15, 0.2) is 0 Å². The Labute approximate surface area is 114 Å². The summed E-state index contributed by atoms with van der Waals surface area (Å²) in [5.41, 5.74) is -0.0631. The highest BCUT2D eigenvalue weighted by atomic mass is 16.2. The van der Waals surface area contributed by atoms with E-state index in [0.29, 0.717) is 6.54 Å². The molecule has 7 heteroatoms. The van der Waals surface area contributed by atoms with Crippen LogP contribution in [0, 0.1) is 0 Å². The molecule has 0 aromatic carbocycles. The number of H-pyrrole nitrogens is 1. The average molecular weight is 274 g/mol. The summed E-state index contributed by atoms with van der Waals surface area (Å²) in [5.74, 6) is -0.174. The van der Waals surface area contributed by atoms with Crippen LogP contribution in [0.25, 0.3) is 0 Å². The van der Waals surface area contributed by atoms with Crippen LogP contribution in [0.3, 0.4) is 0 Å². The minimum atomic E-state index is -0.516. The maximum atomic E-state index is 11.6. The normalized spacial score (nSPS) is 10.2. The summed E-state index contributed by atoms with van der Waals surface area (Å²) < 4.78 is 1.28. The van der Waals surface area contributed by atoms with E-state index in [-0.39, 0.29) is 18.9 Å². The van der Waals surface area contributed by atoms with Crippen molar-refractivity contribution in [3.8, 4) is 0 Å². The monoisotopic (exact) mass is 274 g/mol. The molecule has 0 fully saturated rings. The first-order chi connectivity index (χ1) is 9.65. The van der Waals surface area contributed by atoms with Gasteiger partial charge >= 0.3 is 5.69 Å². The number of nitrogens with zero attached hydrogens (tertiary/aromatic N) is 2. The second-order valence-corrected chi connectivity index (χ2v) is 4.19. The molecule has 2 rings (SSSR count). The van der Waals surface area contributed by atoms with Gasteiger partial charge in [-0.25, -0.2) is 4.79 Å². The standard InChI is InChI=1S/C13H14N4O3/c18-11(15-9-10-2-1-5-14-8-10)3-6-17-7-4-12(19)16-13(17)20/h1-2,4-5,7-8H,3,6,9H2,(H,15,18)(H,16,19,20). The highest BCUT2D eigenvalue weighted by molar-refractivity contribution is 5.75. The van der Waals surface area contributed by atoms with E-state index in [1.165, 1.54) is 16.8 Å². The van der Waals surface area contributed by atoms with E-state index in [4.69, 9.17) is 0 Å². The van der Waals surface area contributed by atoms with Crippen LogP contribution in [0.5, 0.6) is 0 Å². The molecule has 2 aromatic rings. The number of hydrogen-bond donors (Lipinski definition) is 2. The van der Waals surface area contributed by atoms with Gasteiger partial charge in [-0.1, -0.05) is 6.07 Å². The van der Waals surface area contributed by atoms with E-state index in [2.05, 4.69) is 15.3 Å². The van der Waals surface area contributed by atoms with E-state index in [1.54, 1.807) is 18.5 Å². The molecule has 2 heterocycles. The molecule has 2 aromatic heterocycles. The van der Waals surface area contributed by atoms with Crippen molar-refractivity contribution >= 4 is 5.91 Å². The van der Waals surface area contributed by atoms with E-state index in [9.17, 15) is 14.4 Å². The number of aryl methyl sites for hydroxylation is 1. The Morgan fingerprint density at radius 2 is 2.20 bits per heavy atom. The van der Waals surface area contributed by atoms with E-state index in [0.717, 1.165) is 5.56 Å². The van der Waals surface area contributed by atoms with Gasteiger partial charge < -0.3 is 9.88 Å². The number of carbonyl (C=O) groups is 1. The summed E-state index contributed by atoms with van der Waals surface area (Å²) in [6.07, 6.45) is 4.86. The Morgan fingerprint density at radius 3 is 2.90 bits per heavy atom. The molecule has 20 heavy (non-hydrogen) atoms. The van der Waals surface area contributed by atoms with E-state index in [1.807, 2.05) is 6.07 Å². The molecule has 2 N–H and O–H groups in total. The highest BCUT2D eigenvalue weighted by Crippen LogP contribution is 1.95. The number of amides is 1. The number of hydrogen-bond acceptors (Lipinski definition) is 4. The lowest BCUT2D eigenvalue weighted by Crippen LogP contribution is -2.31. The fourth-order valence-corrected chi connectivity index (χ4v) is 1.63. The van der Waals surface area contributed by atoms with Crippen molar-refractivity contribution in [3.63, 3.8) is 0 Å². The Hall–Kier alpha value is -2.70. The lowest BCUT2D eigenvalue weighted by molar-refractivity contribution is -0.121. The molecule has 0 radical (unpaired) electrons. The molecule has 0 aliphatic carbocycles. The fraction of sp³-hybridized carbons (Fsp3) is 0.231. The Kier molecular flexibility index (Phi) is 4.43. The van der Waals surface area contributed by atoms with Crippen molar-refractivity contribution < 1.29 is 4.79 Å². The first kappa shape index (κ1) is 13.7. The molecule has 0 aliphatic rings. The van der Waals surface area contributed by atoms with Crippen LogP contribution in [0.4, 0.5) is 0 Å². The lowest BCUT2D eigenvalue weighted by atomic mass is 10.3. The van der Waals surface area contributed by atoms with Crippen molar-refractivity contribution in [2.75, 3.05) is 0 Å². The van der Waals surface area contributed by atoms with Crippen LogP contribution in [-0.4, -0.2) is 20.4 Å². The first-order valence-electron chi connectivity index (χ1n) is 6.10. The van der Waals surface area contributed by atoms with E-state index < -0.39 is 11.2 Å². The third kappa shape index (κ3) is 3.91. The van der Waals surface area contributed by atoms with Crippen LogP contribution < -0.4 is 16.6 Å². The summed E-state index contributed by atoms with van der Waals surface area (Å²) in [6, 6.07) is 4.90. The van der Waals surface area contributed by atoms with Gasteiger partial charge in [0.05, 0.1) is 0 Å². The Morgan fingerprint density at radius 1 is 1.35 bits per heavy atom. The third-order valence-corrected chi connectivity index (χ3v) is 2.69. The van der Waals surface area contributed by atoms with Gasteiger partial charge in [0, 0.05) is 44.2 Å². The summed E-state index contributed by atoms with van der Waals surface area (Å²) in [4.78, 5) is 40.0. The molecular formula is C13H14N4O3. The van der Waals surface area contributed by atoms with Crippen molar-refractivity contribution in [2.45, 2.75) is 19.5 Å². The largest absolute Gasteiger partial charge is 0.352 e. The zero-order valence-corrected chi connectivity index (χ0v) is 10.7. The molecule has 0 bridgehead atoms. The number of rotatable bonds is 5. The van der Waals surface area contributed by atoms with E-state index >= 15 is 0 Å². The topological polar surface area (TPSA) is 96.9 Å². The number of pyridine rings is 1. The van der Waals surface area contributed by atoms with Crippen molar-refractivity contribution in [1.29, 1.82) is 0 Å². The van der Waals surface area contributed by atoms with Crippen molar-refractivity contribution in [1.82, 2.24) is 19.9 Å². The molecule has 7 nitrogen and oxygen atoms in total. The van der Waals surface area contributed by atoms with Crippen LogP contribution in [-0.2, 0) is 17.9 Å². The smallest absolute Gasteiger partial charge is 0.328 e. The zero-order chi connectivity index (χ0) is 14.4. The van der Waals surface area contributed by atoms with Gasteiger partial charge in [0.2, 0.25) is 5.91 Å². The van der Waals surface area contributed by atoms with Gasteiger partial charge in [0.25, 0.3) is 5.56 Å². The van der Waals surface area contributed by atoms with Crippen LogP contribution in [0.1, 0.15) is 12.0 Å². The molecular weight excluding hydrogens is 260 g/mol. The Bertz CT molecular complexity index is 691. The quantitative estimate of drug-likeness (QED) is 0.778. The van der Waals surface area contributed by atoms with Crippen LogP contribution >= 0.6 is 0 Å². The highest BCUT2D eigenvalue weighted by Gasteiger charge is 2.03. The molecule has 0 spiro atoms. The minimum absolute atomic E-state index is 0.159. The summed E-state index contributed by atoms with van der Waals surface area (Å²) in [6.45, 7) is 0.613. The predicted molar refractivity (Wildman–Crippen MR) is 72.0 cm³/mol. The molecule has 0 unspecified atom stereocenters. The number of nitrogens with one attached hydrogen (secondary N) is 2. The fourth-order valence-electron chi connectivity index (χ4n) is 1.63. The van der Waals surface area contributed by atoms with Gasteiger partial charge in [-0.15, -0.1) is 0 Å². The first-order valence-corrected chi connectivity index (χ1v) is 6.10. The van der Waals surface area contributed by atoms with Crippen molar-refractivity contribution in [3.05, 3.63) is 63.2 Å². The van der Waals surface area contributed by atoms with Crippen molar-refractivity contribution in [2.24, 2.45) is 0 Å². The summed E-state index contributed by atoms with van der Waals surface area (Å²) in [7, 11) is 0. The third-order valence-electron chi connectivity index (χ3n) is 2.69. The maximum Gasteiger partial charge on any atom is 0.328 e. The molecule has 104 valence electrons.